The molecule has 3 nitrogen and oxygen atoms in total. The summed E-state index contributed by atoms with van der Waals surface area (Å²) in [5, 5.41) is 3.49. The minimum atomic E-state index is -0.175. The van der Waals surface area contributed by atoms with Crippen LogP contribution in [0.25, 0.3) is 10.9 Å². The fourth-order valence-corrected chi connectivity index (χ4v) is 2.10. The summed E-state index contributed by atoms with van der Waals surface area (Å²) in [6.07, 6.45) is 5.13. The summed E-state index contributed by atoms with van der Waals surface area (Å²) in [5.74, 6) is 2.21. The molecule has 1 N–H and O–H groups in total. The molecular formula is C14H11BrN2O. The second kappa shape index (κ2) is 5.19. The Balaban J connectivity index is 2.56. The zero-order chi connectivity index (χ0) is 13.1. The smallest absolute Gasteiger partial charge is 0.252 e. The second-order valence-electron chi connectivity index (χ2n) is 3.86. The normalized spacial score (nSPS) is 10.1. The first kappa shape index (κ1) is 12.6. The van der Waals surface area contributed by atoms with Crippen LogP contribution in [0.3, 0.4) is 0 Å². The number of nitrogens with zero attached hydrogens (tertiary/aromatic N) is 1. The van der Waals surface area contributed by atoms with E-state index in [9.17, 15) is 4.79 Å². The van der Waals surface area contributed by atoms with Crippen molar-refractivity contribution in [3.8, 4) is 12.3 Å². The number of benzene rings is 1. The lowest BCUT2D eigenvalue weighted by Crippen LogP contribution is -2.24. The summed E-state index contributed by atoms with van der Waals surface area (Å²) in [7, 11) is 0. The van der Waals surface area contributed by atoms with Gasteiger partial charge in [-0.25, -0.2) is 0 Å². The van der Waals surface area contributed by atoms with Crippen molar-refractivity contribution in [3.63, 3.8) is 0 Å². The lowest BCUT2D eigenvalue weighted by atomic mass is 10.1. The van der Waals surface area contributed by atoms with Crippen LogP contribution in [0.15, 0.2) is 28.7 Å². The lowest BCUT2D eigenvalue weighted by molar-refractivity contribution is 0.0960. The van der Waals surface area contributed by atoms with Crippen LogP contribution >= 0.6 is 15.9 Å². The van der Waals surface area contributed by atoms with Gasteiger partial charge in [0.25, 0.3) is 5.91 Å². The predicted molar refractivity (Wildman–Crippen MR) is 75.3 cm³/mol. The number of halogens is 1. The van der Waals surface area contributed by atoms with E-state index in [-0.39, 0.29) is 12.5 Å². The van der Waals surface area contributed by atoms with Gasteiger partial charge in [-0.15, -0.1) is 6.42 Å². The molecular weight excluding hydrogens is 292 g/mol. The maximum absolute atomic E-state index is 12.0. The number of terminal acetylenes is 1. The molecule has 1 aromatic heterocycles. The number of nitrogens with one attached hydrogen (secondary N) is 1. The number of hydrogen-bond acceptors (Lipinski definition) is 2. The van der Waals surface area contributed by atoms with Gasteiger partial charge in [0.05, 0.1) is 17.6 Å². The summed E-state index contributed by atoms with van der Waals surface area (Å²) >= 11 is 3.39. The summed E-state index contributed by atoms with van der Waals surface area (Å²) in [4.78, 5) is 16.4. The van der Waals surface area contributed by atoms with Crippen LogP contribution in [0.2, 0.25) is 0 Å². The Hall–Kier alpha value is -1.86. The van der Waals surface area contributed by atoms with Gasteiger partial charge in [0.15, 0.2) is 0 Å². The van der Waals surface area contributed by atoms with Crippen molar-refractivity contribution in [2.24, 2.45) is 0 Å². The van der Waals surface area contributed by atoms with Crippen LogP contribution in [0.5, 0.6) is 0 Å². The number of carbonyl (C=O) groups is 1. The molecule has 2 rings (SSSR count). The van der Waals surface area contributed by atoms with Crippen molar-refractivity contribution in [1.82, 2.24) is 10.3 Å². The van der Waals surface area contributed by atoms with Crippen LogP contribution in [-0.2, 0) is 0 Å². The van der Waals surface area contributed by atoms with Gasteiger partial charge in [-0.3, -0.25) is 9.78 Å². The Morgan fingerprint density at radius 2 is 2.28 bits per heavy atom. The fraction of sp³-hybridized carbons (Fsp3) is 0.143. The highest BCUT2D eigenvalue weighted by Gasteiger charge is 2.11. The highest BCUT2D eigenvalue weighted by molar-refractivity contribution is 9.10. The van der Waals surface area contributed by atoms with E-state index in [2.05, 4.69) is 32.2 Å². The topological polar surface area (TPSA) is 42.0 Å². The SMILES string of the molecule is C#CCNC(=O)c1cc(C)nc2cc(Br)ccc12. The molecule has 0 saturated carbocycles. The maximum atomic E-state index is 12.0. The van der Waals surface area contributed by atoms with Crippen molar-refractivity contribution in [1.29, 1.82) is 0 Å². The molecule has 18 heavy (non-hydrogen) atoms. The van der Waals surface area contributed by atoms with E-state index in [0.29, 0.717) is 5.56 Å². The van der Waals surface area contributed by atoms with Crippen LogP contribution in [0.4, 0.5) is 0 Å². The molecule has 2 aromatic rings. The molecule has 0 bridgehead atoms. The molecule has 1 heterocycles. The third kappa shape index (κ3) is 2.52. The number of carbonyl (C=O) groups excluding carboxylic acids is 1. The van der Waals surface area contributed by atoms with Gasteiger partial charge in [-0.2, -0.15) is 0 Å². The summed E-state index contributed by atoms with van der Waals surface area (Å²) in [6, 6.07) is 7.41. The van der Waals surface area contributed by atoms with Crippen molar-refractivity contribution < 1.29 is 4.79 Å². The van der Waals surface area contributed by atoms with Crippen molar-refractivity contribution in [2.75, 3.05) is 6.54 Å². The molecule has 1 aromatic carbocycles. The highest BCUT2D eigenvalue weighted by atomic mass is 79.9. The molecule has 0 atom stereocenters. The first-order valence-corrected chi connectivity index (χ1v) is 6.19. The zero-order valence-electron chi connectivity index (χ0n) is 9.83. The Labute approximate surface area is 114 Å². The van der Waals surface area contributed by atoms with E-state index in [1.807, 2.05) is 25.1 Å². The molecule has 0 unspecified atom stereocenters. The summed E-state index contributed by atoms with van der Waals surface area (Å²) < 4.78 is 0.933. The van der Waals surface area contributed by atoms with Gasteiger partial charge < -0.3 is 5.32 Å². The van der Waals surface area contributed by atoms with Gasteiger partial charge in [0.2, 0.25) is 0 Å². The molecule has 0 radical (unpaired) electrons. The molecule has 0 aliphatic carbocycles. The predicted octanol–water partition coefficient (Wildman–Crippen LogP) is 2.67. The number of fused-ring (bicyclic) bond motifs is 1. The van der Waals surface area contributed by atoms with Crippen LogP contribution in [0.1, 0.15) is 16.1 Å². The zero-order valence-corrected chi connectivity index (χ0v) is 11.4. The quantitative estimate of drug-likeness (QED) is 0.867. The van der Waals surface area contributed by atoms with Crippen LogP contribution in [0, 0.1) is 19.3 Å². The Kier molecular flexibility index (Phi) is 3.63. The average molecular weight is 303 g/mol. The molecule has 1 amide bonds. The van der Waals surface area contributed by atoms with E-state index in [0.717, 1.165) is 21.1 Å². The standard InChI is InChI=1S/C14H11BrN2O/c1-3-6-16-14(18)12-7-9(2)17-13-8-10(15)4-5-11(12)13/h1,4-5,7-8H,6H2,2H3,(H,16,18). The largest absolute Gasteiger partial charge is 0.341 e. The average Bonchev–Trinajstić information content (AvgIpc) is 2.34. The first-order valence-electron chi connectivity index (χ1n) is 5.40. The number of aryl methyl sites for hydroxylation is 1. The van der Waals surface area contributed by atoms with Gasteiger partial charge in [0.1, 0.15) is 0 Å². The van der Waals surface area contributed by atoms with Crippen LogP contribution in [-0.4, -0.2) is 17.4 Å². The Morgan fingerprint density at radius 3 is 3.00 bits per heavy atom. The molecule has 0 saturated heterocycles. The molecule has 0 aliphatic heterocycles. The van der Waals surface area contributed by atoms with Gasteiger partial charge in [-0.1, -0.05) is 27.9 Å². The minimum absolute atomic E-state index is 0.175. The third-order valence-electron chi connectivity index (χ3n) is 2.50. The van der Waals surface area contributed by atoms with E-state index >= 15 is 0 Å². The van der Waals surface area contributed by atoms with Crippen LogP contribution < -0.4 is 5.32 Å². The maximum Gasteiger partial charge on any atom is 0.252 e. The lowest BCUT2D eigenvalue weighted by Gasteiger charge is -2.07. The van der Waals surface area contributed by atoms with E-state index in [4.69, 9.17) is 6.42 Å². The van der Waals surface area contributed by atoms with Gasteiger partial charge in [-0.05, 0) is 25.1 Å². The molecule has 0 spiro atoms. The molecule has 4 heteroatoms. The third-order valence-corrected chi connectivity index (χ3v) is 2.99. The van der Waals surface area contributed by atoms with Gasteiger partial charge in [0, 0.05) is 15.6 Å². The van der Waals surface area contributed by atoms with E-state index in [1.54, 1.807) is 6.07 Å². The number of rotatable bonds is 2. The Bertz CT molecular complexity index is 653. The van der Waals surface area contributed by atoms with E-state index < -0.39 is 0 Å². The van der Waals surface area contributed by atoms with Crippen molar-refractivity contribution in [3.05, 3.63) is 40.0 Å². The minimum Gasteiger partial charge on any atom is -0.341 e. The van der Waals surface area contributed by atoms with Gasteiger partial charge >= 0.3 is 0 Å². The number of pyridine rings is 1. The first-order chi connectivity index (χ1) is 8.61. The van der Waals surface area contributed by atoms with Crippen molar-refractivity contribution in [2.45, 2.75) is 6.92 Å². The molecule has 0 fully saturated rings. The number of hydrogen-bond donors (Lipinski definition) is 1. The summed E-state index contributed by atoms with van der Waals surface area (Å²) in [5.41, 5.74) is 2.18. The fourth-order valence-electron chi connectivity index (χ4n) is 1.75. The molecule has 90 valence electrons. The molecule has 0 aliphatic rings. The number of amides is 1. The summed E-state index contributed by atoms with van der Waals surface area (Å²) in [6.45, 7) is 2.08. The Morgan fingerprint density at radius 1 is 1.50 bits per heavy atom. The number of aromatic nitrogens is 1. The highest BCUT2D eigenvalue weighted by Crippen LogP contribution is 2.22. The monoisotopic (exact) mass is 302 g/mol. The van der Waals surface area contributed by atoms with Crippen molar-refractivity contribution >= 4 is 32.7 Å². The second-order valence-corrected chi connectivity index (χ2v) is 4.78. The van der Waals surface area contributed by atoms with E-state index in [1.165, 1.54) is 0 Å².